The normalized spacial score (nSPS) is 10.6. The van der Waals surface area contributed by atoms with Crippen molar-refractivity contribution in [3.63, 3.8) is 0 Å². The summed E-state index contributed by atoms with van der Waals surface area (Å²) in [6.45, 7) is 3.00. The van der Waals surface area contributed by atoms with Crippen molar-refractivity contribution in [2.45, 2.75) is 19.8 Å². The van der Waals surface area contributed by atoms with E-state index in [1.54, 1.807) is 26.6 Å². The molecule has 0 atom stereocenters. The van der Waals surface area contributed by atoms with Gasteiger partial charge in [0.05, 0.1) is 19.7 Å². The van der Waals surface area contributed by atoms with Crippen LogP contribution in [0.3, 0.4) is 0 Å². The van der Waals surface area contributed by atoms with E-state index in [2.05, 4.69) is 32.5 Å². The van der Waals surface area contributed by atoms with E-state index < -0.39 is 0 Å². The summed E-state index contributed by atoms with van der Waals surface area (Å²) in [7, 11) is 3.23. The zero-order chi connectivity index (χ0) is 18.4. The van der Waals surface area contributed by atoms with Gasteiger partial charge in [0.15, 0.2) is 11.5 Å². The molecule has 0 aliphatic rings. The molecule has 0 aliphatic heterocycles. The van der Waals surface area contributed by atoms with Gasteiger partial charge in [-0.3, -0.25) is 4.98 Å². The Kier molecular flexibility index (Phi) is 5.68. The Morgan fingerprint density at radius 2 is 1.73 bits per heavy atom. The van der Waals surface area contributed by atoms with Crippen LogP contribution in [-0.4, -0.2) is 35.7 Å². The molecule has 136 valence electrons. The van der Waals surface area contributed by atoms with Crippen LogP contribution in [0.5, 0.6) is 11.5 Å². The lowest BCUT2D eigenvalue weighted by molar-refractivity contribution is 0.356. The molecule has 1 aromatic carbocycles. The molecule has 26 heavy (non-hydrogen) atoms. The SMILES string of the molecule is CCCCNc1nc(Nc2ccncc2)nc2cc(OC)c(OC)cc12. The third kappa shape index (κ3) is 3.93. The van der Waals surface area contributed by atoms with Gasteiger partial charge in [0.25, 0.3) is 0 Å². The second-order valence-electron chi connectivity index (χ2n) is 5.76. The van der Waals surface area contributed by atoms with Gasteiger partial charge in [-0.1, -0.05) is 13.3 Å². The van der Waals surface area contributed by atoms with Crippen molar-refractivity contribution < 1.29 is 9.47 Å². The molecule has 0 unspecified atom stereocenters. The minimum absolute atomic E-state index is 0.509. The van der Waals surface area contributed by atoms with Crippen LogP contribution in [0, 0.1) is 0 Å². The molecule has 2 heterocycles. The molecule has 0 fully saturated rings. The molecule has 3 rings (SSSR count). The summed E-state index contributed by atoms with van der Waals surface area (Å²) in [5.74, 6) is 2.56. The second-order valence-corrected chi connectivity index (χ2v) is 5.76. The Balaban J connectivity index is 2.05. The monoisotopic (exact) mass is 353 g/mol. The molecule has 0 saturated carbocycles. The van der Waals surface area contributed by atoms with Crippen LogP contribution in [0.4, 0.5) is 17.5 Å². The molecule has 0 saturated heterocycles. The van der Waals surface area contributed by atoms with E-state index in [0.717, 1.165) is 41.8 Å². The number of aromatic nitrogens is 3. The lowest BCUT2D eigenvalue weighted by Gasteiger charge is -2.14. The summed E-state index contributed by atoms with van der Waals surface area (Å²) in [6.07, 6.45) is 5.61. The number of hydrogen-bond acceptors (Lipinski definition) is 7. The number of benzene rings is 1. The van der Waals surface area contributed by atoms with Gasteiger partial charge >= 0.3 is 0 Å². The molecule has 7 nitrogen and oxygen atoms in total. The Morgan fingerprint density at radius 1 is 1.00 bits per heavy atom. The molecule has 0 spiro atoms. The number of anilines is 3. The lowest BCUT2D eigenvalue weighted by Crippen LogP contribution is -2.07. The van der Waals surface area contributed by atoms with Crippen LogP contribution < -0.4 is 20.1 Å². The van der Waals surface area contributed by atoms with E-state index in [9.17, 15) is 0 Å². The number of rotatable bonds is 8. The van der Waals surface area contributed by atoms with Crippen LogP contribution >= 0.6 is 0 Å². The molecular weight excluding hydrogens is 330 g/mol. The second kappa shape index (κ2) is 8.33. The summed E-state index contributed by atoms with van der Waals surface area (Å²) in [5.41, 5.74) is 1.65. The van der Waals surface area contributed by atoms with Gasteiger partial charge in [-0.15, -0.1) is 0 Å². The first-order valence-electron chi connectivity index (χ1n) is 8.59. The summed E-state index contributed by atoms with van der Waals surface area (Å²) >= 11 is 0. The summed E-state index contributed by atoms with van der Waals surface area (Å²) < 4.78 is 10.8. The van der Waals surface area contributed by atoms with Gasteiger partial charge in [0.1, 0.15) is 5.82 Å². The Labute approximate surface area is 152 Å². The van der Waals surface area contributed by atoms with Crippen LogP contribution in [0.1, 0.15) is 19.8 Å². The van der Waals surface area contributed by atoms with Crippen LogP contribution in [0.25, 0.3) is 10.9 Å². The van der Waals surface area contributed by atoms with Crippen LogP contribution in [0.2, 0.25) is 0 Å². The quantitative estimate of drug-likeness (QED) is 0.592. The summed E-state index contributed by atoms with van der Waals surface area (Å²) in [5, 5.41) is 7.51. The molecule has 2 N–H and O–H groups in total. The van der Waals surface area contributed by atoms with E-state index in [0.29, 0.717) is 17.4 Å². The van der Waals surface area contributed by atoms with E-state index in [4.69, 9.17) is 9.47 Å². The van der Waals surface area contributed by atoms with Crippen molar-refractivity contribution in [3.8, 4) is 11.5 Å². The van der Waals surface area contributed by atoms with Crippen molar-refractivity contribution in [1.29, 1.82) is 0 Å². The molecular formula is C19H23N5O2. The minimum atomic E-state index is 0.509. The minimum Gasteiger partial charge on any atom is -0.493 e. The topological polar surface area (TPSA) is 81.2 Å². The lowest BCUT2D eigenvalue weighted by atomic mass is 10.2. The first kappa shape index (κ1) is 17.7. The summed E-state index contributed by atoms with van der Waals surface area (Å²) in [6, 6.07) is 7.50. The number of fused-ring (bicyclic) bond motifs is 1. The number of nitrogens with one attached hydrogen (secondary N) is 2. The van der Waals surface area contributed by atoms with E-state index in [1.165, 1.54) is 0 Å². The fourth-order valence-electron chi connectivity index (χ4n) is 2.59. The molecule has 3 aromatic rings. The number of methoxy groups -OCH3 is 2. The largest absolute Gasteiger partial charge is 0.493 e. The highest BCUT2D eigenvalue weighted by Gasteiger charge is 2.13. The third-order valence-electron chi connectivity index (χ3n) is 3.96. The van der Waals surface area contributed by atoms with Crippen LogP contribution in [-0.2, 0) is 0 Å². The Morgan fingerprint density at radius 3 is 2.42 bits per heavy atom. The Bertz CT molecular complexity index is 871. The predicted molar refractivity (Wildman–Crippen MR) is 104 cm³/mol. The van der Waals surface area contributed by atoms with Gasteiger partial charge in [-0.2, -0.15) is 4.98 Å². The van der Waals surface area contributed by atoms with Gasteiger partial charge in [-0.25, -0.2) is 4.98 Å². The van der Waals surface area contributed by atoms with Crippen molar-refractivity contribution in [3.05, 3.63) is 36.7 Å². The zero-order valence-electron chi connectivity index (χ0n) is 15.2. The van der Waals surface area contributed by atoms with E-state index in [-0.39, 0.29) is 0 Å². The first-order valence-corrected chi connectivity index (χ1v) is 8.59. The van der Waals surface area contributed by atoms with Crippen molar-refractivity contribution in [2.24, 2.45) is 0 Å². The van der Waals surface area contributed by atoms with Gasteiger partial charge in [0.2, 0.25) is 5.95 Å². The van der Waals surface area contributed by atoms with Crippen LogP contribution in [0.15, 0.2) is 36.7 Å². The standard InChI is InChI=1S/C19H23N5O2/c1-4-5-8-21-18-14-11-16(25-2)17(26-3)12-15(14)23-19(24-18)22-13-6-9-20-10-7-13/h6-7,9-12H,4-5,8H2,1-3H3,(H2,20,21,22,23,24). The highest BCUT2D eigenvalue weighted by Crippen LogP contribution is 2.34. The zero-order valence-corrected chi connectivity index (χ0v) is 15.2. The van der Waals surface area contributed by atoms with Gasteiger partial charge in [0, 0.05) is 36.1 Å². The van der Waals surface area contributed by atoms with Crippen molar-refractivity contribution in [2.75, 3.05) is 31.4 Å². The molecule has 2 aromatic heterocycles. The first-order chi connectivity index (χ1) is 12.7. The molecule has 0 amide bonds. The van der Waals surface area contributed by atoms with Crippen molar-refractivity contribution >= 4 is 28.4 Å². The third-order valence-corrected chi connectivity index (χ3v) is 3.96. The molecule has 0 aliphatic carbocycles. The number of pyridine rings is 1. The van der Waals surface area contributed by atoms with Gasteiger partial charge in [-0.05, 0) is 24.6 Å². The Hall–Kier alpha value is -3.09. The number of ether oxygens (including phenoxy) is 2. The average molecular weight is 353 g/mol. The highest BCUT2D eigenvalue weighted by molar-refractivity contribution is 5.93. The smallest absolute Gasteiger partial charge is 0.229 e. The van der Waals surface area contributed by atoms with Gasteiger partial charge < -0.3 is 20.1 Å². The maximum absolute atomic E-state index is 5.42. The predicted octanol–water partition coefficient (Wildman–Crippen LogP) is 4.00. The van der Waals surface area contributed by atoms with Crippen molar-refractivity contribution in [1.82, 2.24) is 15.0 Å². The molecule has 7 heteroatoms. The fourth-order valence-corrected chi connectivity index (χ4v) is 2.59. The average Bonchev–Trinajstić information content (AvgIpc) is 2.68. The summed E-state index contributed by atoms with van der Waals surface area (Å²) in [4.78, 5) is 13.3. The fraction of sp³-hybridized carbons (Fsp3) is 0.316. The molecule has 0 radical (unpaired) electrons. The van der Waals surface area contributed by atoms with E-state index in [1.807, 2.05) is 24.3 Å². The molecule has 0 bridgehead atoms. The maximum atomic E-state index is 5.42. The number of unbranched alkanes of at least 4 members (excludes halogenated alkanes) is 1. The highest BCUT2D eigenvalue weighted by atomic mass is 16.5. The maximum Gasteiger partial charge on any atom is 0.229 e. The number of nitrogens with zero attached hydrogens (tertiary/aromatic N) is 3. The number of hydrogen-bond donors (Lipinski definition) is 2. The van der Waals surface area contributed by atoms with E-state index >= 15 is 0 Å².